The highest BCUT2D eigenvalue weighted by atomic mass is 15.0. The molecule has 2 N–H and O–H groups in total. The second-order valence-corrected chi connectivity index (χ2v) is 4.78. The van der Waals surface area contributed by atoms with Crippen molar-refractivity contribution >= 4 is 10.9 Å². The molecule has 102 valence electrons. The van der Waals surface area contributed by atoms with Crippen molar-refractivity contribution in [2.45, 2.75) is 19.4 Å². The highest BCUT2D eigenvalue weighted by Crippen LogP contribution is 2.17. The van der Waals surface area contributed by atoms with Gasteiger partial charge in [0.15, 0.2) is 0 Å². The number of hydrogen-bond acceptors (Lipinski definition) is 3. The van der Waals surface area contributed by atoms with Crippen molar-refractivity contribution < 1.29 is 0 Å². The van der Waals surface area contributed by atoms with Crippen LogP contribution in [0.5, 0.6) is 0 Å². The number of nitrogens with one attached hydrogen (secondary N) is 2. The molecule has 1 aromatic carbocycles. The Balaban J connectivity index is 1.86. The molecule has 4 heteroatoms. The first-order valence-electron chi connectivity index (χ1n) is 6.94. The predicted octanol–water partition coefficient (Wildman–Crippen LogP) is 2.85. The number of pyridine rings is 1. The summed E-state index contributed by atoms with van der Waals surface area (Å²) in [4.78, 5) is 12.3. The Kier molecular flexibility index (Phi) is 3.74. The molecule has 4 nitrogen and oxygen atoms in total. The number of para-hydroxylation sites is 1. The number of imidazole rings is 1. The van der Waals surface area contributed by atoms with E-state index in [0.717, 1.165) is 30.0 Å². The average Bonchev–Trinajstić information content (AvgIpc) is 3.01. The molecule has 0 radical (unpaired) electrons. The lowest BCUT2D eigenvalue weighted by atomic mass is 10.1. The Morgan fingerprint density at radius 1 is 1.20 bits per heavy atom. The molecule has 0 aliphatic carbocycles. The van der Waals surface area contributed by atoms with E-state index in [1.165, 1.54) is 5.39 Å². The van der Waals surface area contributed by atoms with Crippen LogP contribution in [0.25, 0.3) is 10.9 Å². The smallest absolute Gasteiger partial charge is 0.123 e. The summed E-state index contributed by atoms with van der Waals surface area (Å²) in [7, 11) is 0. The molecular weight excluding hydrogens is 248 g/mol. The van der Waals surface area contributed by atoms with Gasteiger partial charge in [-0.05, 0) is 18.7 Å². The minimum Gasteiger partial charge on any atom is -0.347 e. The SMILES string of the molecule is CCNC(Cc1ccc2ccccc2n1)c1ncc[nH]1. The Hall–Kier alpha value is -2.20. The van der Waals surface area contributed by atoms with E-state index in [1.54, 1.807) is 6.20 Å². The predicted molar refractivity (Wildman–Crippen MR) is 80.5 cm³/mol. The summed E-state index contributed by atoms with van der Waals surface area (Å²) < 4.78 is 0. The Bertz CT molecular complexity index is 676. The van der Waals surface area contributed by atoms with Crippen LogP contribution in [0.3, 0.4) is 0 Å². The van der Waals surface area contributed by atoms with E-state index >= 15 is 0 Å². The molecule has 0 spiro atoms. The van der Waals surface area contributed by atoms with Gasteiger partial charge in [0.05, 0.1) is 11.6 Å². The van der Waals surface area contributed by atoms with Gasteiger partial charge in [-0.25, -0.2) is 4.98 Å². The summed E-state index contributed by atoms with van der Waals surface area (Å²) in [5.41, 5.74) is 2.12. The molecule has 2 aromatic heterocycles. The zero-order chi connectivity index (χ0) is 13.8. The highest BCUT2D eigenvalue weighted by molar-refractivity contribution is 5.78. The normalized spacial score (nSPS) is 12.7. The van der Waals surface area contributed by atoms with Gasteiger partial charge in [-0.1, -0.05) is 31.2 Å². The molecule has 0 fully saturated rings. The van der Waals surface area contributed by atoms with Crippen molar-refractivity contribution in [2.75, 3.05) is 6.54 Å². The molecule has 0 aliphatic rings. The molecular formula is C16H18N4. The molecule has 0 saturated heterocycles. The van der Waals surface area contributed by atoms with Crippen LogP contribution in [-0.2, 0) is 6.42 Å². The third kappa shape index (κ3) is 2.70. The molecule has 3 rings (SSSR count). The number of aromatic amines is 1. The number of hydrogen-bond donors (Lipinski definition) is 2. The molecule has 0 aliphatic heterocycles. The van der Waals surface area contributed by atoms with Crippen molar-refractivity contribution in [2.24, 2.45) is 0 Å². The van der Waals surface area contributed by atoms with Gasteiger partial charge in [0.25, 0.3) is 0 Å². The van der Waals surface area contributed by atoms with Crippen LogP contribution in [0.1, 0.15) is 24.5 Å². The second kappa shape index (κ2) is 5.84. The average molecular weight is 266 g/mol. The minimum absolute atomic E-state index is 0.170. The Labute approximate surface area is 118 Å². The van der Waals surface area contributed by atoms with Crippen LogP contribution in [0.4, 0.5) is 0 Å². The Morgan fingerprint density at radius 2 is 2.10 bits per heavy atom. The van der Waals surface area contributed by atoms with E-state index in [2.05, 4.69) is 40.4 Å². The first-order chi connectivity index (χ1) is 9.86. The van der Waals surface area contributed by atoms with Gasteiger partial charge in [0, 0.05) is 29.9 Å². The second-order valence-electron chi connectivity index (χ2n) is 4.78. The third-order valence-corrected chi connectivity index (χ3v) is 3.37. The molecule has 20 heavy (non-hydrogen) atoms. The monoisotopic (exact) mass is 266 g/mol. The van der Waals surface area contributed by atoms with Crippen LogP contribution >= 0.6 is 0 Å². The van der Waals surface area contributed by atoms with Gasteiger partial charge in [0.1, 0.15) is 5.82 Å². The largest absolute Gasteiger partial charge is 0.347 e. The number of nitrogens with zero attached hydrogens (tertiary/aromatic N) is 2. The van der Waals surface area contributed by atoms with Crippen LogP contribution in [-0.4, -0.2) is 21.5 Å². The fraction of sp³-hybridized carbons (Fsp3) is 0.250. The zero-order valence-electron chi connectivity index (χ0n) is 11.5. The van der Waals surface area contributed by atoms with Gasteiger partial charge < -0.3 is 10.3 Å². The summed E-state index contributed by atoms with van der Waals surface area (Å²) >= 11 is 0. The minimum atomic E-state index is 0.170. The van der Waals surface area contributed by atoms with Crippen LogP contribution in [0.2, 0.25) is 0 Å². The molecule has 2 heterocycles. The van der Waals surface area contributed by atoms with Crippen molar-refractivity contribution in [3.8, 4) is 0 Å². The maximum atomic E-state index is 4.73. The number of rotatable bonds is 5. The molecule has 0 saturated carbocycles. The zero-order valence-corrected chi connectivity index (χ0v) is 11.5. The topological polar surface area (TPSA) is 53.6 Å². The fourth-order valence-corrected chi connectivity index (χ4v) is 2.41. The maximum Gasteiger partial charge on any atom is 0.123 e. The first-order valence-corrected chi connectivity index (χ1v) is 6.94. The lowest BCUT2D eigenvalue weighted by molar-refractivity contribution is 0.521. The number of benzene rings is 1. The summed E-state index contributed by atoms with van der Waals surface area (Å²) in [5, 5.41) is 4.62. The Morgan fingerprint density at radius 3 is 2.90 bits per heavy atom. The quantitative estimate of drug-likeness (QED) is 0.746. The number of fused-ring (bicyclic) bond motifs is 1. The van der Waals surface area contributed by atoms with Crippen molar-refractivity contribution in [3.63, 3.8) is 0 Å². The lowest BCUT2D eigenvalue weighted by Crippen LogP contribution is -2.24. The lowest BCUT2D eigenvalue weighted by Gasteiger charge is -2.15. The summed E-state index contributed by atoms with van der Waals surface area (Å²) in [6.45, 7) is 3.00. The molecule has 1 unspecified atom stereocenters. The third-order valence-electron chi connectivity index (χ3n) is 3.37. The summed E-state index contributed by atoms with van der Waals surface area (Å²) in [6.07, 6.45) is 4.47. The van der Waals surface area contributed by atoms with Crippen LogP contribution in [0.15, 0.2) is 48.8 Å². The van der Waals surface area contributed by atoms with E-state index in [0.29, 0.717) is 0 Å². The number of aromatic nitrogens is 3. The standard InChI is InChI=1S/C16H18N4/c1-2-17-15(16-18-9-10-19-16)11-13-8-7-12-5-3-4-6-14(12)20-13/h3-10,15,17H,2,11H2,1H3,(H,18,19). The van der Waals surface area contributed by atoms with E-state index < -0.39 is 0 Å². The van der Waals surface area contributed by atoms with Crippen molar-refractivity contribution in [3.05, 3.63) is 60.3 Å². The van der Waals surface area contributed by atoms with E-state index in [4.69, 9.17) is 4.98 Å². The molecule has 1 atom stereocenters. The number of H-pyrrole nitrogens is 1. The van der Waals surface area contributed by atoms with Crippen LogP contribution in [0, 0.1) is 0 Å². The first kappa shape index (κ1) is 12.8. The van der Waals surface area contributed by atoms with Crippen molar-refractivity contribution in [1.29, 1.82) is 0 Å². The maximum absolute atomic E-state index is 4.73. The van der Waals surface area contributed by atoms with E-state index in [9.17, 15) is 0 Å². The van der Waals surface area contributed by atoms with Crippen molar-refractivity contribution in [1.82, 2.24) is 20.3 Å². The van der Waals surface area contributed by atoms with Crippen LogP contribution < -0.4 is 5.32 Å². The van der Waals surface area contributed by atoms with Gasteiger partial charge >= 0.3 is 0 Å². The van der Waals surface area contributed by atoms with Gasteiger partial charge in [-0.15, -0.1) is 0 Å². The summed E-state index contributed by atoms with van der Waals surface area (Å²) in [6, 6.07) is 12.6. The van der Waals surface area contributed by atoms with Gasteiger partial charge in [-0.3, -0.25) is 4.98 Å². The highest BCUT2D eigenvalue weighted by Gasteiger charge is 2.14. The molecule has 0 bridgehead atoms. The van der Waals surface area contributed by atoms with Gasteiger partial charge in [-0.2, -0.15) is 0 Å². The fourth-order valence-electron chi connectivity index (χ4n) is 2.41. The number of likely N-dealkylation sites (N-methyl/N-ethyl adjacent to an activating group) is 1. The summed E-state index contributed by atoms with van der Waals surface area (Å²) in [5.74, 6) is 0.960. The van der Waals surface area contributed by atoms with E-state index in [-0.39, 0.29) is 6.04 Å². The van der Waals surface area contributed by atoms with Gasteiger partial charge in [0.2, 0.25) is 0 Å². The molecule has 0 amide bonds. The van der Waals surface area contributed by atoms with E-state index in [1.807, 2.05) is 24.4 Å². The molecule has 3 aromatic rings.